The molecule has 0 spiro atoms. The molecule has 1 fully saturated rings. The predicted molar refractivity (Wildman–Crippen MR) is 87.2 cm³/mol. The number of anilines is 1. The SMILES string of the molecule is Nc1c(C(=O)NCCC2CCCO2)sc2cc(Cl)ccc12. The number of hydrogen-bond acceptors (Lipinski definition) is 4. The van der Waals surface area contributed by atoms with Crippen molar-refractivity contribution in [1.29, 1.82) is 0 Å². The van der Waals surface area contributed by atoms with Crippen LogP contribution in [0.1, 0.15) is 28.9 Å². The normalized spacial score (nSPS) is 18.2. The molecule has 6 heteroatoms. The number of halogens is 1. The number of nitrogens with one attached hydrogen (secondary N) is 1. The third kappa shape index (κ3) is 3.15. The number of fused-ring (bicyclic) bond motifs is 1. The van der Waals surface area contributed by atoms with Gasteiger partial charge in [0, 0.05) is 28.3 Å². The Morgan fingerprint density at radius 2 is 2.38 bits per heavy atom. The van der Waals surface area contributed by atoms with Crippen LogP contribution in [-0.4, -0.2) is 25.2 Å². The molecule has 1 unspecified atom stereocenters. The zero-order valence-corrected chi connectivity index (χ0v) is 13.1. The highest BCUT2D eigenvalue weighted by atomic mass is 35.5. The summed E-state index contributed by atoms with van der Waals surface area (Å²) in [6.07, 6.45) is 3.33. The van der Waals surface area contributed by atoms with Crippen LogP contribution in [-0.2, 0) is 4.74 Å². The molecule has 0 radical (unpaired) electrons. The summed E-state index contributed by atoms with van der Waals surface area (Å²) >= 11 is 7.34. The van der Waals surface area contributed by atoms with E-state index in [0.717, 1.165) is 36.0 Å². The van der Waals surface area contributed by atoms with Crippen LogP contribution in [0.25, 0.3) is 10.1 Å². The monoisotopic (exact) mass is 324 g/mol. The van der Waals surface area contributed by atoms with Gasteiger partial charge < -0.3 is 15.8 Å². The molecule has 0 aliphatic carbocycles. The van der Waals surface area contributed by atoms with Crippen LogP contribution in [0.3, 0.4) is 0 Å². The second-order valence-electron chi connectivity index (χ2n) is 5.16. The van der Waals surface area contributed by atoms with Crippen LogP contribution >= 0.6 is 22.9 Å². The first-order valence-electron chi connectivity index (χ1n) is 7.02. The maximum atomic E-state index is 12.2. The molecule has 1 atom stereocenters. The van der Waals surface area contributed by atoms with Crippen molar-refractivity contribution in [2.24, 2.45) is 0 Å². The number of ether oxygens (including phenoxy) is 1. The molecule has 1 aromatic heterocycles. The molecule has 1 amide bonds. The van der Waals surface area contributed by atoms with E-state index in [0.29, 0.717) is 22.1 Å². The Hall–Kier alpha value is -1.30. The summed E-state index contributed by atoms with van der Waals surface area (Å²) in [4.78, 5) is 12.8. The van der Waals surface area contributed by atoms with E-state index in [1.165, 1.54) is 11.3 Å². The first-order valence-corrected chi connectivity index (χ1v) is 8.22. The van der Waals surface area contributed by atoms with Gasteiger partial charge in [0.1, 0.15) is 4.88 Å². The fourth-order valence-corrected chi connectivity index (χ4v) is 3.87. The lowest BCUT2D eigenvalue weighted by Crippen LogP contribution is -2.26. The number of nitrogens with two attached hydrogens (primary N) is 1. The number of carbonyl (C=O) groups is 1. The van der Waals surface area contributed by atoms with Gasteiger partial charge in [-0.3, -0.25) is 4.79 Å². The molecule has 1 aliphatic rings. The molecule has 1 aromatic carbocycles. The minimum Gasteiger partial charge on any atom is -0.397 e. The number of thiophene rings is 1. The summed E-state index contributed by atoms with van der Waals surface area (Å²) in [5, 5.41) is 4.45. The third-order valence-corrected chi connectivity index (χ3v) is 5.07. The number of rotatable bonds is 4. The summed E-state index contributed by atoms with van der Waals surface area (Å²) < 4.78 is 6.47. The molecule has 112 valence electrons. The van der Waals surface area contributed by atoms with Gasteiger partial charge in [-0.25, -0.2) is 0 Å². The molecule has 21 heavy (non-hydrogen) atoms. The number of carbonyl (C=O) groups excluding carboxylic acids is 1. The highest BCUT2D eigenvalue weighted by Gasteiger charge is 2.18. The van der Waals surface area contributed by atoms with Crippen molar-refractivity contribution in [3.8, 4) is 0 Å². The largest absolute Gasteiger partial charge is 0.397 e. The lowest BCUT2D eigenvalue weighted by atomic mass is 10.2. The predicted octanol–water partition coefficient (Wildman–Crippen LogP) is 3.44. The maximum absolute atomic E-state index is 12.2. The number of hydrogen-bond donors (Lipinski definition) is 2. The van der Waals surface area contributed by atoms with Crippen molar-refractivity contribution in [1.82, 2.24) is 5.32 Å². The van der Waals surface area contributed by atoms with Gasteiger partial charge >= 0.3 is 0 Å². The lowest BCUT2D eigenvalue weighted by Gasteiger charge is -2.09. The van der Waals surface area contributed by atoms with E-state index in [1.807, 2.05) is 12.1 Å². The van der Waals surface area contributed by atoms with Gasteiger partial charge in [-0.15, -0.1) is 11.3 Å². The fourth-order valence-electron chi connectivity index (χ4n) is 2.56. The van der Waals surface area contributed by atoms with Crippen molar-refractivity contribution in [2.75, 3.05) is 18.9 Å². The average Bonchev–Trinajstić information content (AvgIpc) is 3.07. The molecular formula is C15H17ClN2O2S. The Morgan fingerprint density at radius 3 is 3.14 bits per heavy atom. The smallest absolute Gasteiger partial charge is 0.263 e. The molecular weight excluding hydrogens is 308 g/mol. The minimum absolute atomic E-state index is 0.122. The van der Waals surface area contributed by atoms with E-state index >= 15 is 0 Å². The van der Waals surface area contributed by atoms with Crippen LogP contribution < -0.4 is 11.1 Å². The lowest BCUT2D eigenvalue weighted by molar-refractivity contribution is 0.0911. The molecule has 1 aliphatic heterocycles. The molecule has 4 nitrogen and oxygen atoms in total. The molecule has 2 aromatic rings. The first kappa shape index (κ1) is 14.6. The van der Waals surface area contributed by atoms with E-state index in [9.17, 15) is 4.79 Å². The van der Waals surface area contributed by atoms with E-state index in [2.05, 4.69) is 5.32 Å². The summed E-state index contributed by atoms with van der Waals surface area (Å²) in [6, 6.07) is 5.47. The van der Waals surface area contributed by atoms with Gasteiger partial charge in [-0.1, -0.05) is 11.6 Å². The van der Waals surface area contributed by atoms with Gasteiger partial charge in [-0.05, 0) is 37.5 Å². The van der Waals surface area contributed by atoms with Crippen LogP contribution in [0, 0.1) is 0 Å². The maximum Gasteiger partial charge on any atom is 0.263 e. The first-order chi connectivity index (χ1) is 10.1. The number of amides is 1. The Balaban J connectivity index is 1.67. The fraction of sp³-hybridized carbons (Fsp3) is 0.400. The topological polar surface area (TPSA) is 64.4 Å². The van der Waals surface area contributed by atoms with Gasteiger partial charge in [0.25, 0.3) is 5.91 Å². The second kappa shape index (κ2) is 6.22. The molecule has 3 rings (SSSR count). The average molecular weight is 325 g/mol. The van der Waals surface area contributed by atoms with Crippen LogP contribution in [0.4, 0.5) is 5.69 Å². The quantitative estimate of drug-likeness (QED) is 0.905. The van der Waals surface area contributed by atoms with Crippen LogP contribution in [0.5, 0.6) is 0 Å². The molecule has 1 saturated heterocycles. The van der Waals surface area contributed by atoms with Gasteiger partial charge in [0.05, 0.1) is 11.8 Å². The van der Waals surface area contributed by atoms with Crippen molar-refractivity contribution >= 4 is 44.6 Å². The zero-order chi connectivity index (χ0) is 14.8. The van der Waals surface area contributed by atoms with Crippen LogP contribution in [0.15, 0.2) is 18.2 Å². The van der Waals surface area contributed by atoms with E-state index in [-0.39, 0.29) is 12.0 Å². The highest BCUT2D eigenvalue weighted by molar-refractivity contribution is 7.21. The molecule has 3 N–H and O–H groups in total. The summed E-state index contributed by atoms with van der Waals surface area (Å²) in [7, 11) is 0. The van der Waals surface area contributed by atoms with E-state index in [1.54, 1.807) is 6.07 Å². The Kier molecular flexibility index (Phi) is 4.33. The van der Waals surface area contributed by atoms with Gasteiger partial charge in [0.15, 0.2) is 0 Å². The Labute approximate surface area is 132 Å². The van der Waals surface area contributed by atoms with Crippen molar-refractivity contribution < 1.29 is 9.53 Å². The van der Waals surface area contributed by atoms with Crippen LogP contribution in [0.2, 0.25) is 5.02 Å². The molecule has 2 heterocycles. The summed E-state index contributed by atoms with van der Waals surface area (Å²) in [5.74, 6) is -0.122. The number of nitrogen functional groups attached to an aromatic ring is 1. The Bertz CT molecular complexity index is 665. The third-order valence-electron chi connectivity index (χ3n) is 3.67. The molecule has 0 bridgehead atoms. The zero-order valence-electron chi connectivity index (χ0n) is 11.5. The van der Waals surface area contributed by atoms with Gasteiger partial charge in [-0.2, -0.15) is 0 Å². The summed E-state index contributed by atoms with van der Waals surface area (Å²) in [6.45, 7) is 1.45. The second-order valence-corrected chi connectivity index (χ2v) is 6.65. The summed E-state index contributed by atoms with van der Waals surface area (Å²) in [5.41, 5.74) is 6.59. The van der Waals surface area contributed by atoms with Crippen molar-refractivity contribution in [3.05, 3.63) is 28.1 Å². The van der Waals surface area contributed by atoms with E-state index < -0.39 is 0 Å². The van der Waals surface area contributed by atoms with Crippen molar-refractivity contribution in [3.63, 3.8) is 0 Å². The Morgan fingerprint density at radius 1 is 1.52 bits per heavy atom. The van der Waals surface area contributed by atoms with Gasteiger partial charge in [0.2, 0.25) is 0 Å². The standard InChI is InChI=1S/C15H17ClN2O2S/c16-9-3-4-11-12(8-9)21-14(13(11)17)15(19)18-6-5-10-2-1-7-20-10/h3-4,8,10H,1-2,5-7,17H2,(H,18,19). The molecule has 0 saturated carbocycles. The minimum atomic E-state index is -0.122. The number of benzene rings is 1. The van der Waals surface area contributed by atoms with Crippen molar-refractivity contribution in [2.45, 2.75) is 25.4 Å². The van der Waals surface area contributed by atoms with E-state index in [4.69, 9.17) is 22.1 Å². The highest BCUT2D eigenvalue weighted by Crippen LogP contribution is 2.35.